The van der Waals surface area contributed by atoms with Gasteiger partial charge in [-0.1, -0.05) is 12.1 Å². The monoisotopic (exact) mass is 267 g/mol. The molecule has 0 unspecified atom stereocenters. The van der Waals surface area contributed by atoms with E-state index < -0.39 is 5.51 Å². The van der Waals surface area contributed by atoms with Crippen LogP contribution in [0.5, 0.6) is 0 Å². The third-order valence-electron chi connectivity index (χ3n) is 2.17. The van der Waals surface area contributed by atoms with Crippen LogP contribution in [0, 0.1) is 5.82 Å². The van der Waals surface area contributed by atoms with E-state index in [0.717, 1.165) is 5.56 Å². The zero-order chi connectivity index (χ0) is 12.9. The molecule has 0 aliphatic carbocycles. The molecule has 1 N–H and O–H groups in total. The van der Waals surface area contributed by atoms with Gasteiger partial charge in [0.1, 0.15) is 5.82 Å². The first-order valence-electron chi connectivity index (χ1n) is 5.08. The van der Waals surface area contributed by atoms with Crippen molar-refractivity contribution in [3.8, 4) is 0 Å². The molecule has 0 spiro atoms. The molecule has 1 atom stereocenters. The van der Waals surface area contributed by atoms with Crippen LogP contribution >= 0.6 is 11.8 Å². The van der Waals surface area contributed by atoms with E-state index in [0.29, 0.717) is 0 Å². The van der Waals surface area contributed by atoms with Crippen LogP contribution < -0.4 is 5.32 Å². The second-order valence-corrected chi connectivity index (χ2v) is 4.68. The van der Waals surface area contributed by atoms with Crippen molar-refractivity contribution < 1.29 is 17.6 Å². The number of thioether (sulfide) groups is 1. The van der Waals surface area contributed by atoms with Gasteiger partial charge in [0, 0.05) is 18.3 Å². The normalized spacial score (nSPS) is 13.7. The van der Waals surface area contributed by atoms with E-state index in [9.17, 15) is 17.6 Å². The van der Waals surface area contributed by atoms with Gasteiger partial charge in [0.25, 0.3) is 0 Å². The summed E-state index contributed by atoms with van der Waals surface area (Å²) in [4.78, 5) is 0. The highest BCUT2D eigenvalue weighted by molar-refractivity contribution is 8.00. The summed E-state index contributed by atoms with van der Waals surface area (Å²) in [5.74, 6) is -0.399. The molecular formula is C11H13F4NS. The van der Waals surface area contributed by atoms with Gasteiger partial charge in [-0.25, -0.2) is 4.39 Å². The predicted molar refractivity (Wildman–Crippen MR) is 61.3 cm³/mol. The lowest BCUT2D eigenvalue weighted by Gasteiger charge is -2.14. The lowest BCUT2D eigenvalue weighted by atomic mass is 10.1. The Morgan fingerprint density at radius 2 is 2.06 bits per heavy atom. The largest absolute Gasteiger partial charge is 0.441 e. The Bertz CT molecular complexity index is 354. The van der Waals surface area contributed by atoms with Crippen LogP contribution in [0.1, 0.15) is 18.5 Å². The van der Waals surface area contributed by atoms with E-state index in [1.807, 2.05) is 0 Å². The highest BCUT2D eigenvalue weighted by atomic mass is 32.2. The van der Waals surface area contributed by atoms with E-state index in [4.69, 9.17) is 0 Å². The second-order valence-electron chi connectivity index (χ2n) is 3.53. The van der Waals surface area contributed by atoms with Crippen LogP contribution in [0.3, 0.4) is 0 Å². The molecule has 0 amide bonds. The molecule has 1 aromatic carbocycles. The third kappa shape index (κ3) is 5.93. The molecule has 0 aliphatic heterocycles. The average Bonchev–Trinajstić information content (AvgIpc) is 2.23. The van der Waals surface area contributed by atoms with Crippen LogP contribution in [-0.2, 0) is 0 Å². The Kier molecular flexibility index (Phi) is 5.27. The molecule has 1 aromatic rings. The molecule has 0 saturated carbocycles. The standard InChI is InChI=1S/C11H13F4NS/c1-8(9-3-2-4-10(12)7-9)16-5-6-17-11(13,14)15/h2-4,7-8,16H,5-6H2,1H3/t8-/m1/s1. The van der Waals surface area contributed by atoms with Gasteiger partial charge in [0.05, 0.1) is 0 Å². The van der Waals surface area contributed by atoms with Crippen LogP contribution in [0.4, 0.5) is 17.6 Å². The number of rotatable bonds is 5. The van der Waals surface area contributed by atoms with Crippen molar-refractivity contribution in [3.05, 3.63) is 35.6 Å². The summed E-state index contributed by atoms with van der Waals surface area (Å²) in [6.45, 7) is 2.01. The molecule has 0 radical (unpaired) electrons. The van der Waals surface area contributed by atoms with Crippen LogP contribution in [0.2, 0.25) is 0 Å². The summed E-state index contributed by atoms with van der Waals surface area (Å²) in [7, 11) is 0. The van der Waals surface area contributed by atoms with Crippen molar-refractivity contribution in [1.29, 1.82) is 0 Å². The third-order valence-corrected chi connectivity index (χ3v) is 2.90. The minimum atomic E-state index is -4.19. The van der Waals surface area contributed by atoms with Crippen molar-refractivity contribution in [3.63, 3.8) is 0 Å². The van der Waals surface area contributed by atoms with Gasteiger partial charge in [-0.3, -0.25) is 0 Å². The summed E-state index contributed by atoms with van der Waals surface area (Å²) < 4.78 is 48.4. The van der Waals surface area contributed by atoms with E-state index in [2.05, 4.69) is 5.32 Å². The minimum Gasteiger partial charge on any atom is -0.309 e. The zero-order valence-corrected chi connectivity index (χ0v) is 10.0. The highest BCUT2D eigenvalue weighted by Gasteiger charge is 2.27. The van der Waals surface area contributed by atoms with Gasteiger partial charge in [0.2, 0.25) is 0 Å². The maximum Gasteiger partial charge on any atom is 0.441 e. The Labute approximate surface area is 102 Å². The summed E-state index contributed by atoms with van der Waals surface area (Å²) in [6, 6.07) is 5.84. The molecule has 0 bridgehead atoms. The van der Waals surface area contributed by atoms with Gasteiger partial charge in [-0.2, -0.15) is 13.2 Å². The molecule has 0 heterocycles. The number of benzene rings is 1. The maximum atomic E-state index is 12.9. The molecule has 96 valence electrons. The fourth-order valence-corrected chi connectivity index (χ4v) is 1.79. The number of nitrogens with one attached hydrogen (secondary N) is 1. The van der Waals surface area contributed by atoms with E-state index in [-0.39, 0.29) is 35.9 Å². The van der Waals surface area contributed by atoms with Gasteiger partial charge >= 0.3 is 5.51 Å². The molecule has 1 rings (SSSR count). The number of hydrogen-bond acceptors (Lipinski definition) is 2. The molecule has 0 saturated heterocycles. The second kappa shape index (κ2) is 6.26. The Balaban J connectivity index is 2.33. The molecule has 17 heavy (non-hydrogen) atoms. The Hall–Kier alpha value is -0.750. The predicted octanol–water partition coefficient (Wildman–Crippen LogP) is 3.73. The Morgan fingerprint density at radius 3 is 2.65 bits per heavy atom. The quantitative estimate of drug-likeness (QED) is 0.644. The molecule has 1 nitrogen and oxygen atoms in total. The SMILES string of the molecule is C[C@@H](NCCSC(F)(F)F)c1cccc(F)c1. The van der Waals surface area contributed by atoms with E-state index >= 15 is 0 Å². The molecule has 0 aliphatic rings. The summed E-state index contributed by atoms with van der Waals surface area (Å²) in [6.07, 6.45) is 0. The smallest absolute Gasteiger partial charge is 0.309 e. The van der Waals surface area contributed by atoms with Crippen molar-refractivity contribution in [2.45, 2.75) is 18.5 Å². The van der Waals surface area contributed by atoms with Gasteiger partial charge in [0.15, 0.2) is 0 Å². The van der Waals surface area contributed by atoms with Gasteiger partial charge < -0.3 is 5.32 Å². The van der Waals surface area contributed by atoms with Gasteiger partial charge in [-0.05, 0) is 36.4 Å². The maximum absolute atomic E-state index is 12.9. The highest BCUT2D eigenvalue weighted by Crippen LogP contribution is 2.29. The van der Waals surface area contributed by atoms with E-state index in [1.54, 1.807) is 19.1 Å². The first-order chi connectivity index (χ1) is 7.88. The lowest BCUT2D eigenvalue weighted by molar-refractivity contribution is -0.0327. The number of alkyl halides is 3. The molecular weight excluding hydrogens is 254 g/mol. The first kappa shape index (κ1) is 14.3. The Morgan fingerprint density at radius 1 is 1.35 bits per heavy atom. The number of hydrogen-bond donors (Lipinski definition) is 1. The van der Waals surface area contributed by atoms with Crippen LogP contribution in [0.25, 0.3) is 0 Å². The zero-order valence-electron chi connectivity index (χ0n) is 9.22. The van der Waals surface area contributed by atoms with E-state index in [1.165, 1.54) is 12.1 Å². The average molecular weight is 267 g/mol. The first-order valence-corrected chi connectivity index (χ1v) is 6.06. The van der Waals surface area contributed by atoms with Gasteiger partial charge in [-0.15, -0.1) is 0 Å². The van der Waals surface area contributed by atoms with Crippen LogP contribution in [-0.4, -0.2) is 17.8 Å². The fourth-order valence-electron chi connectivity index (χ4n) is 1.34. The van der Waals surface area contributed by atoms with Crippen molar-refractivity contribution in [1.82, 2.24) is 5.32 Å². The summed E-state index contributed by atoms with van der Waals surface area (Å²) in [5, 5.41) is 2.91. The fraction of sp³-hybridized carbons (Fsp3) is 0.455. The summed E-state index contributed by atoms with van der Waals surface area (Å²) in [5.41, 5.74) is -3.47. The molecule has 6 heteroatoms. The number of halogens is 4. The summed E-state index contributed by atoms with van der Waals surface area (Å²) >= 11 is -0.0627. The topological polar surface area (TPSA) is 12.0 Å². The molecule has 0 fully saturated rings. The van der Waals surface area contributed by atoms with Crippen molar-refractivity contribution >= 4 is 11.8 Å². The van der Waals surface area contributed by atoms with Crippen molar-refractivity contribution in [2.24, 2.45) is 0 Å². The van der Waals surface area contributed by atoms with Crippen molar-refractivity contribution in [2.75, 3.05) is 12.3 Å². The molecule has 0 aromatic heterocycles. The van der Waals surface area contributed by atoms with Crippen LogP contribution in [0.15, 0.2) is 24.3 Å². The lowest BCUT2D eigenvalue weighted by Crippen LogP contribution is -2.22. The minimum absolute atomic E-state index is 0.0524.